The smallest absolute Gasteiger partial charge is 0.306 e. The van der Waals surface area contributed by atoms with Crippen LogP contribution in [0.5, 0.6) is 0 Å². The van der Waals surface area contributed by atoms with Gasteiger partial charge in [0.2, 0.25) is 0 Å². The monoisotopic (exact) mass is 201 g/mol. The topological polar surface area (TPSA) is 69.6 Å². The van der Waals surface area contributed by atoms with Crippen molar-refractivity contribution in [2.24, 2.45) is 0 Å². The molecule has 0 aliphatic heterocycles. The molecule has 0 saturated carbocycles. The highest BCUT2D eigenvalue weighted by atomic mass is 32.1. The Hall–Kier alpha value is -1.07. The van der Waals surface area contributed by atoms with Gasteiger partial charge in [0.05, 0.1) is 12.5 Å². The quantitative estimate of drug-likeness (QED) is 0.664. The van der Waals surface area contributed by atoms with E-state index in [1.54, 1.807) is 11.3 Å². The largest absolute Gasteiger partial charge is 0.481 e. The number of aliphatic carboxylic acids is 1. The van der Waals surface area contributed by atoms with E-state index in [-0.39, 0.29) is 13.0 Å². The first-order valence-electron chi connectivity index (χ1n) is 3.84. The summed E-state index contributed by atoms with van der Waals surface area (Å²) in [6.07, 6.45) is -1.06. The van der Waals surface area contributed by atoms with Crippen molar-refractivity contribution in [1.82, 2.24) is 0 Å². The van der Waals surface area contributed by atoms with Crippen LogP contribution < -0.4 is 5.32 Å². The molecule has 0 spiro atoms. The molecule has 1 unspecified atom stereocenters. The zero-order valence-electron chi connectivity index (χ0n) is 6.93. The van der Waals surface area contributed by atoms with Crippen LogP contribution in [0.4, 0.5) is 5.69 Å². The molecule has 0 aliphatic carbocycles. The minimum atomic E-state index is -0.986. The Morgan fingerprint density at radius 2 is 2.46 bits per heavy atom. The molecule has 3 N–H and O–H groups in total. The molecule has 0 radical (unpaired) electrons. The van der Waals surface area contributed by atoms with Gasteiger partial charge >= 0.3 is 5.97 Å². The van der Waals surface area contributed by atoms with Gasteiger partial charge in [-0.2, -0.15) is 11.3 Å². The lowest BCUT2D eigenvalue weighted by atomic mass is 10.2. The van der Waals surface area contributed by atoms with Crippen LogP contribution in [0.25, 0.3) is 0 Å². The molecule has 0 aromatic carbocycles. The predicted molar refractivity (Wildman–Crippen MR) is 51.1 cm³/mol. The summed E-state index contributed by atoms with van der Waals surface area (Å²) < 4.78 is 0. The lowest BCUT2D eigenvalue weighted by Gasteiger charge is -2.08. The zero-order chi connectivity index (χ0) is 9.68. The molecule has 1 heterocycles. The van der Waals surface area contributed by atoms with E-state index in [9.17, 15) is 9.90 Å². The third kappa shape index (κ3) is 3.91. The maximum Gasteiger partial charge on any atom is 0.306 e. The summed E-state index contributed by atoms with van der Waals surface area (Å²) in [4.78, 5) is 10.2. The van der Waals surface area contributed by atoms with Gasteiger partial charge in [-0.05, 0) is 11.4 Å². The second-order valence-corrected chi connectivity index (χ2v) is 3.42. The number of carbonyl (C=O) groups is 1. The van der Waals surface area contributed by atoms with E-state index >= 15 is 0 Å². The highest BCUT2D eigenvalue weighted by Crippen LogP contribution is 2.11. The summed E-state index contributed by atoms with van der Waals surface area (Å²) >= 11 is 1.54. The summed E-state index contributed by atoms with van der Waals surface area (Å²) in [5.74, 6) is -0.986. The fourth-order valence-corrected chi connectivity index (χ4v) is 1.49. The first-order chi connectivity index (χ1) is 6.18. The van der Waals surface area contributed by atoms with Crippen molar-refractivity contribution in [3.8, 4) is 0 Å². The Morgan fingerprint density at radius 1 is 1.69 bits per heavy atom. The summed E-state index contributed by atoms with van der Waals surface area (Å²) in [5, 5.41) is 24.3. The van der Waals surface area contributed by atoms with Crippen molar-refractivity contribution < 1.29 is 15.0 Å². The van der Waals surface area contributed by atoms with E-state index in [0.29, 0.717) is 0 Å². The second kappa shape index (κ2) is 4.84. The molecule has 1 rings (SSSR count). The molecule has 13 heavy (non-hydrogen) atoms. The van der Waals surface area contributed by atoms with Gasteiger partial charge in [0.15, 0.2) is 0 Å². The minimum Gasteiger partial charge on any atom is -0.481 e. The van der Waals surface area contributed by atoms with Crippen LogP contribution >= 0.6 is 11.3 Å². The number of hydrogen-bond donors (Lipinski definition) is 3. The molecule has 1 aromatic heterocycles. The maximum absolute atomic E-state index is 10.2. The van der Waals surface area contributed by atoms with Crippen LogP contribution in [-0.4, -0.2) is 28.8 Å². The van der Waals surface area contributed by atoms with Gasteiger partial charge in [-0.3, -0.25) is 4.79 Å². The summed E-state index contributed by atoms with van der Waals surface area (Å²) in [5.41, 5.74) is 0.912. The lowest BCUT2D eigenvalue weighted by molar-refractivity contribution is -0.138. The molecule has 0 fully saturated rings. The molecular formula is C8H11NO3S. The van der Waals surface area contributed by atoms with Gasteiger partial charge in [0.1, 0.15) is 0 Å². The summed E-state index contributed by atoms with van der Waals surface area (Å²) in [6.45, 7) is 0.267. The van der Waals surface area contributed by atoms with Crippen molar-refractivity contribution in [3.05, 3.63) is 16.8 Å². The fraction of sp³-hybridized carbons (Fsp3) is 0.375. The van der Waals surface area contributed by atoms with Crippen LogP contribution in [0.1, 0.15) is 6.42 Å². The van der Waals surface area contributed by atoms with Crippen LogP contribution in [0.15, 0.2) is 16.8 Å². The van der Waals surface area contributed by atoms with Crippen LogP contribution in [-0.2, 0) is 4.79 Å². The number of thiophene rings is 1. The van der Waals surface area contributed by atoms with Crippen LogP contribution in [0.3, 0.4) is 0 Å². The molecule has 1 atom stereocenters. The SMILES string of the molecule is O=C(O)CC(O)CNc1ccsc1. The van der Waals surface area contributed by atoms with Crippen molar-refractivity contribution in [3.63, 3.8) is 0 Å². The minimum absolute atomic E-state index is 0.225. The number of carboxylic acid groups (broad SMARTS) is 1. The number of hydrogen-bond acceptors (Lipinski definition) is 4. The van der Waals surface area contributed by atoms with Crippen molar-refractivity contribution >= 4 is 23.0 Å². The molecule has 0 bridgehead atoms. The molecule has 4 nitrogen and oxygen atoms in total. The number of anilines is 1. The number of carboxylic acids is 1. The average Bonchev–Trinajstić information content (AvgIpc) is 2.51. The van der Waals surface area contributed by atoms with Crippen LogP contribution in [0.2, 0.25) is 0 Å². The Labute approximate surface area is 79.8 Å². The molecular weight excluding hydrogens is 190 g/mol. The Balaban J connectivity index is 2.22. The molecule has 0 amide bonds. The summed E-state index contributed by atoms with van der Waals surface area (Å²) in [6, 6.07) is 1.87. The van der Waals surface area contributed by atoms with Crippen molar-refractivity contribution in [2.75, 3.05) is 11.9 Å². The van der Waals surface area contributed by atoms with E-state index in [0.717, 1.165) is 5.69 Å². The predicted octanol–water partition coefficient (Wildman–Crippen LogP) is 0.996. The van der Waals surface area contributed by atoms with Gasteiger partial charge in [-0.25, -0.2) is 0 Å². The Bertz CT molecular complexity index is 260. The van der Waals surface area contributed by atoms with Gasteiger partial charge in [0.25, 0.3) is 0 Å². The summed E-state index contributed by atoms with van der Waals surface area (Å²) in [7, 11) is 0. The van der Waals surface area contributed by atoms with Crippen molar-refractivity contribution in [1.29, 1.82) is 0 Å². The number of aliphatic hydroxyl groups excluding tert-OH is 1. The fourth-order valence-electron chi connectivity index (χ4n) is 0.874. The third-order valence-electron chi connectivity index (χ3n) is 1.47. The molecule has 0 saturated heterocycles. The number of nitrogens with one attached hydrogen (secondary N) is 1. The Morgan fingerprint density at radius 3 is 3.00 bits per heavy atom. The van der Waals surface area contributed by atoms with Gasteiger partial charge in [-0.15, -0.1) is 0 Å². The maximum atomic E-state index is 10.2. The second-order valence-electron chi connectivity index (χ2n) is 2.64. The van der Waals surface area contributed by atoms with E-state index in [2.05, 4.69) is 5.32 Å². The highest BCUT2D eigenvalue weighted by molar-refractivity contribution is 7.08. The third-order valence-corrected chi connectivity index (χ3v) is 2.16. The highest BCUT2D eigenvalue weighted by Gasteiger charge is 2.08. The molecule has 0 aliphatic rings. The van der Waals surface area contributed by atoms with E-state index in [1.165, 1.54) is 0 Å². The first kappa shape index (κ1) is 10.0. The van der Waals surface area contributed by atoms with Crippen molar-refractivity contribution in [2.45, 2.75) is 12.5 Å². The number of aliphatic hydroxyl groups is 1. The lowest BCUT2D eigenvalue weighted by Crippen LogP contribution is -2.22. The molecule has 5 heteroatoms. The Kier molecular flexibility index (Phi) is 3.72. The normalized spacial score (nSPS) is 12.4. The van der Waals surface area contributed by atoms with Gasteiger partial charge < -0.3 is 15.5 Å². The van der Waals surface area contributed by atoms with E-state index < -0.39 is 12.1 Å². The molecule has 72 valence electrons. The zero-order valence-corrected chi connectivity index (χ0v) is 7.75. The van der Waals surface area contributed by atoms with Gasteiger partial charge in [-0.1, -0.05) is 0 Å². The van der Waals surface area contributed by atoms with Gasteiger partial charge in [0, 0.05) is 17.6 Å². The van der Waals surface area contributed by atoms with E-state index in [1.807, 2.05) is 16.8 Å². The molecule has 1 aromatic rings. The number of rotatable bonds is 5. The van der Waals surface area contributed by atoms with Crippen LogP contribution in [0, 0.1) is 0 Å². The standard InChI is InChI=1S/C8H11NO3S/c10-7(3-8(11)12)4-9-6-1-2-13-5-6/h1-2,5,7,9-10H,3-4H2,(H,11,12). The van der Waals surface area contributed by atoms with E-state index in [4.69, 9.17) is 5.11 Å². The first-order valence-corrected chi connectivity index (χ1v) is 4.78. The average molecular weight is 201 g/mol.